The van der Waals surface area contributed by atoms with Crippen LogP contribution >= 0.6 is 0 Å². The van der Waals surface area contributed by atoms with Crippen molar-refractivity contribution < 1.29 is 19.1 Å². The van der Waals surface area contributed by atoms with Crippen LogP contribution in [-0.4, -0.2) is 28.5 Å². The van der Waals surface area contributed by atoms with E-state index in [4.69, 9.17) is 5.11 Å². The first-order valence-corrected chi connectivity index (χ1v) is 6.20. The summed E-state index contributed by atoms with van der Waals surface area (Å²) in [4.78, 5) is 26.3. The number of hydrogen-bond acceptors (Lipinski definition) is 3. The van der Waals surface area contributed by atoms with Crippen LogP contribution < -0.4 is 5.32 Å². The van der Waals surface area contributed by atoms with E-state index in [2.05, 4.69) is 10.3 Å². The van der Waals surface area contributed by atoms with Crippen molar-refractivity contribution >= 4 is 11.9 Å². The third kappa shape index (κ3) is 3.07. The van der Waals surface area contributed by atoms with Crippen molar-refractivity contribution in [3.63, 3.8) is 0 Å². The summed E-state index contributed by atoms with van der Waals surface area (Å²) in [6.45, 7) is 0.261. The first-order chi connectivity index (χ1) is 9.09. The Morgan fingerprint density at radius 1 is 1.47 bits per heavy atom. The third-order valence-electron chi connectivity index (χ3n) is 3.52. The van der Waals surface area contributed by atoms with E-state index in [1.54, 1.807) is 0 Å². The van der Waals surface area contributed by atoms with Crippen molar-refractivity contribution in [3.05, 3.63) is 29.8 Å². The summed E-state index contributed by atoms with van der Waals surface area (Å²) in [7, 11) is 0. The van der Waals surface area contributed by atoms with Gasteiger partial charge in [0.25, 0.3) is 5.91 Å². The normalized spacial score (nSPS) is 22.2. The standard InChI is InChI=1S/C13H15FN2O3/c14-11-7-15-5-4-10(11)12(17)16-6-8-2-1-3-9(8)13(18)19/h4-5,7-9H,1-3,6H2,(H,16,17)(H,18,19). The molecule has 0 saturated heterocycles. The molecule has 102 valence electrons. The minimum atomic E-state index is -0.827. The maximum atomic E-state index is 13.3. The molecule has 5 nitrogen and oxygen atoms in total. The highest BCUT2D eigenvalue weighted by molar-refractivity contribution is 5.94. The number of nitrogens with one attached hydrogen (secondary N) is 1. The largest absolute Gasteiger partial charge is 0.481 e. The molecule has 2 N–H and O–H groups in total. The lowest BCUT2D eigenvalue weighted by atomic mass is 9.96. The molecule has 0 radical (unpaired) electrons. The number of carbonyl (C=O) groups is 2. The van der Waals surface area contributed by atoms with Gasteiger partial charge in [0.2, 0.25) is 0 Å². The number of halogens is 1. The number of carboxylic acids is 1. The molecule has 1 aromatic heterocycles. The predicted molar refractivity (Wildman–Crippen MR) is 65.0 cm³/mol. The number of rotatable bonds is 4. The van der Waals surface area contributed by atoms with Crippen molar-refractivity contribution in [1.29, 1.82) is 0 Å². The van der Waals surface area contributed by atoms with E-state index in [0.29, 0.717) is 6.42 Å². The van der Waals surface area contributed by atoms with Gasteiger partial charge in [-0.05, 0) is 24.8 Å². The van der Waals surface area contributed by atoms with Crippen LogP contribution in [0.1, 0.15) is 29.6 Å². The van der Waals surface area contributed by atoms with Gasteiger partial charge in [-0.25, -0.2) is 4.39 Å². The molecular formula is C13H15FN2O3. The van der Waals surface area contributed by atoms with Crippen LogP contribution in [0.2, 0.25) is 0 Å². The van der Waals surface area contributed by atoms with Crippen LogP contribution in [0.4, 0.5) is 4.39 Å². The molecule has 1 aliphatic carbocycles. The third-order valence-corrected chi connectivity index (χ3v) is 3.52. The fourth-order valence-electron chi connectivity index (χ4n) is 2.48. The maximum absolute atomic E-state index is 13.3. The lowest BCUT2D eigenvalue weighted by Crippen LogP contribution is -2.33. The maximum Gasteiger partial charge on any atom is 0.306 e. The Balaban J connectivity index is 1.94. The summed E-state index contributed by atoms with van der Waals surface area (Å²) in [5, 5.41) is 11.6. The van der Waals surface area contributed by atoms with Gasteiger partial charge in [-0.1, -0.05) is 6.42 Å². The molecule has 1 saturated carbocycles. The van der Waals surface area contributed by atoms with E-state index >= 15 is 0 Å². The summed E-state index contributed by atoms with van der Waals surface area (Å²) >= 11 is 0. The van der Waals surface area contributed by atoms with Crippen molar-refractivity contribution in [2.75, 3.05) is 6.54 Å². The Morgan fingerprint density at radius 2 is 2.26 bits per heavy atom. The Labute approximate surface area is 109 Å². The molecule has 1 heterocycles. The summed E-state index contributed by atoms with van der Waals surface area (Å²) in [6.07, 6.45) is 4.58. The number of amides is 1. The Kier molecular flexibility index (Phi) is 4.09. The monoisotopic (exact) mass is 266 g/mol. The molecule has 2 rings (SSSR count). The van der Waals surface area contributed by atoms with Gasteiger partial charge in [0.1, 0.15) is 0 Å². The van der Waals surface area contributed by atoms with Crippen LogP contribution in [0.15, 0.2) is 18.5 Å². The number of aliphatic carboxylic acids is 1. The molecule has 19 heavy (non-hydrogen) atoms. The number of carboxylic acid groups (broad SMARTS) is 1. The minimum absolute atomic E-state index is 0.0696. The highest BCUT2D eigenvalue weighted by Gasteiger charge is 2.32. The first kappa shape index (κ1) is 13.5. The lowest BCUT2D eigenvalue weighted by Gasteiger charge is -2.16. The van der Waals surface area contributed by atoms with E-state index in [1.807, 2.05) is 0 Å². The van der Waals surface area contributed by atoms with Gasteiger partial charge >= 0.3 is 5.97 Å². The molecule has 2 atom stereocenters. The van der Waals surface area contributed by atoms with Crippen LogP contribution in [0.5, 0.6) is 0 Å². The molecule has 1 aliphatic rings. The van der Waals surface area contributed by atoms with Gasteiger partial charge in [-0.3, -0.25) is 14.6 Å². The fraction of sp³-hybridized carbons (Fsp3) is 0.462. The molecule has 0 aromatic carbocycles. The Bertz CT molecular complexity index is 493. The van der Waals surface area contributed by atoms with Crippen molar-refractivity contribution in [2.45, 2.75) is 19.3 Å². The molecular weight excluding hydrogens is 251 g/mol. The van der Waals surface area contributed by atoms with Crippen molar-refractivity contribution in [1.82, 2.24) is 10.3 Å². The zero-order valence-corrected chi connectivity index (χ0v) is 10.3. The van der Waals surface area contributed by atoms with Gasteiger partial charge in [0, 0.05) is 12.7 Å². The molecule has 2 unspecified atom stereocenters. The van der Waals surface area contributed by atoms with Crippen molar-refractivity contribution in [2.24, 2.45) is 11.8 Å². The molecule has 1 fully saturated rings. The van der Waals surface area contributed by atoms with Crippen LogP contribution in [0.3, 0.4) is 0 Å². The average molecular weight is 266 g/mol. The van der Waals surface area contributed by atoms with Gasteiger partial charge in [-0.15, -0.1) is 0 Å². The number of pyridine rings is 1. The summed E-state index contributed by atoms with van der Waals surface area (Å²) in [5.74, 6) is -2.53. The second kappa shape index (κ2) is 5.77. The highest BCUT2D eigenvalue weighted by atomic mass is 19.1. The van der Waals surface area contributed by atoms with E-state index in [1.165, 1.54) is 12.3 Å². The second-order valence-corrected chi connectivity index (χ2v) is 4.70. The zero-order valence-electron chi connectivity index (χ0n) is 10.3. The SMILES string of the molecule is O=C(NCC1CCCC1C(=O)O)c1ccncc1F. The summed E-state index contributed by atoms with van der Waals surface area (Å²) in [5.41, 5.74) is -0.0696. The molecule has 6 heteroatoms. The Hall–Kier alpha value is -1.98. The van der Waals surface area contributed by atoms with Gasteiger partial charge in [0.15, 0.2) is 5.82 Å². The lowest BCUT2D eigenvalue weighted by molar-refractivity contribution is -0.142. The molecule has 0 bridgehead atoms. The molecule has 0 aliphatic heterocycles. The topological polar surface area (TPSA) is 79.3 Å². The quantitative estimate of drug-likeness (QED) is 0.864. The van der Waals surface area contributed by atoms with E-state index in [9.17, 15) is 14.0 Å². The first-order valence-electron chi connectivity index (χ1n) is 6.20. The van der Waals surface area contributed by atoms with E-state index < -0.39 is 23.6 Å². The zero-order chi connectivity index (χ0) is 13.8. The number of carbonyl (C=O) groups excluding carboxylic acids is 1. The van der Waals surface area contributed by atoms with Crippen LogP contribution in [-0.2, 0) is 4.79 Å². The van der Waals surface area contributed by atoms with Crippen LogP contribution in [0, 0.1) is 17.7 Å². The van der Waals surface area contributed by atoms with E-state index in [-0.39, 0.29) is 18.0 Å². The second-order valence-electron chi connectivity index (χ2n) is 4.70. The average Bonchev–Trinajstić information content (AvgIpc) is 2.85. The van der Waals surface area contributed by atoms with Crippen LogP contribution in [0.25, 0.3) is 0 Å². The minimum Gasteiger partial charge on any atom is -0.481 e. The van der Waals surface area contributed by atoms with Gasteiger partial charge in [0.05, 0.1) is 17.7 Å². The number of hydrogen-bond donors (Lipinski definition) is 2. The Morgan fingerprint density at radius 3 is 2.95 bits per heavy atom. The molecule has 1 aromatic rings. The summed E-state index contributed by atoms with van der Waals surface area (Å²) < 4.78 is 13.3. The van der Waals surface area contributed by atoms with Gasteiger partial charge < -0.3 is 10.4 Å². The van der Waals surface area contributed by atoms with Gasteiger partial charge in [-0.2, -0.15) is 0 Å². The molecule has 0 spiro atoms. The fourth-order valence-corrected chi connectivity index (χ4v) is 2.48. The van der Waals surface area contributed by atoms with E-state index in [0.717, 1.165) is 19.0 Å². The number of aromatic nitrogens is 1. The highest BCUT2D eigenvalue weighted by Crippen LogP contribution is 2.31. The smallest absolute Gasteiger partial charge is 0.306 e. The van der Waals surface area contributed by atoms with Crippen molar-refractivity contribution in [3.8, 4) is 0 Å². The predicted octanol–water partition coefficient (Wildman–Crippen LogP) is 1.45. The summed E-state index contributed by atoms with van der Waals surface area (Å²) in [6, 6.07) is 1.30. The molecule has 1 amide bonds. The number of nitrogens with zero attached hydrogens (tertiary/aromatic N) is 1.